The highest BCUT2D eigenvalue weighted by atomic mass is 127. The minimum absolute atomic E-state index is 0.202. The second-order valence-electron chi connectivity index (χ2n) is 2.39. The van der Waals surface area contributed by atoms with Crippen molar-refractivity contribution in [2.45, 2.75) is 6.92 Å². The molecule has 1 heterocycles. The highest BCUT2D eigenvalue weighted by Gasteiger charge is 2.01. The molecular weight excluding hydrogens is 283 g/mol. The van der Waals surface area contributed by atoms with Crippen molar-refractivity contribution in [1.29, 1.82) is 0 Å². The summed E-state index contributed by atoms with van der Waals surface area (Å²) in [4.78, 5) is 25.0. The van der Waals surface area contributed by atoms with Gasteiger partial charge in [0.15, 0.2) is 6.29 Å². The number of hydrogen-bond acceptors (Lipinski definition) is 3. The van der Waals surface area contributed by atoms with Crippen molar-refractivity contribution in [1.82, 2.24) is 4.98 Å². The van der Waals surface area contributed by atoms with Gasteiger partial charge in [-0.1, -0.05) is 0 Å². The van der Waals surface area contributed by atoms with Gasteiger partial charge in [-0.25, -0.2) is 4.98 Å². The van der Waals surface area contributed by atoms with E-state index in [1.807, 2.05) is 0 Å². The molecule has 1 aromatic rings. The number of nitrogens with zero attached hydrogens (tertiary/aromatic N) is 1. The molecule has 0 unspecified atom stereocenters. The standard InChI is InChI=1S/C8H7IN2O2/c1-5(13)10-8-3-6(9)2-7(4-12)11-8/h2-4H,1H3,(H,10,11,13). The molecule has 0 bridgehead atoms. The number of halogens is 1. The third-order valence-corrected chi connectivity index (χ3v) is 1.86. The zero-order valence-electron chi connectivity index (χ0n) is 6.87. The summed E-state index contributed by atoms with van der Waals surface area (Å²) < 4.78 is 0.860. The van der Waals surface area contributed by atoms with E-state index < -0.39 is 0 Å². The van der Waals surface area contributed by atoms with Gasteiger partial charge < -0.3 is 5.32 Å². The lowest BCUT2D eigenvalue weighted by Gasteiger charge is -2.01. The van der Waals surface area contributed by atoms with E-state index >= 15 is 0 Å². The molecule has 1 aromatic heterocycles. The third-order valence-electron chi connectivity index (χ3n) is 1.23. The van der Waals surface area contributed by atoms with Gasteiger partial charge in [0.05, 0.1) is 0 Å². The Labute approximate surface area is 88.9 Å². The number of carbonyl (C=O) groups excluding carboxylic acids is 2. The van der Waals surface area contributed by atoms with Crippen molar-refractivity contribution in [3.05, 3.63) is 21.4 Å². The fourth-order valence-electron chi connectivity index (χ4n) is 0.822. The predicted octanol–water partition coefficient (Wildman–Crippen LogP) is 1.46. The molecule has 0 fully saturated rings. The lowest BCUT2D eigenvalue weighted by molar-refractivity contribution is -0.114. The lowest BCUT2D eigenvalue weighted by Crippen LogP contribution is -2.08. The van der Waals surface area contributed by atoms with E-state index in [0.717, 1.165) is 3.57 Å². The maximum Gasteiger partial charge on any atom is 0.222 e. The number of aromatic nitrogens is 1. The molecule has 0 aliphatic carbocycles. The van der Waals surface area contributed by atoms with Crippen LogP contribution in [0.2, 0.25) is 0 Å². The number of anilines is 1. The fraction of sp³-hybridized carbons (Fsp3) is 0.125. The number of rotatable bonds is 2. The van der Waals surface area contributed by atoms with Gasteiger partial charge in [-0.3, -0.25) is 9.59 Å². The Balaban J connectivity index is 3.01. The molecule has 0 aliphatic heterocycles. The minimum Gasteiger partial charge on any atom is -0.311 e. The van der Waals surface area contributed by atoms with Crippen molar-refractivity contribution in [2.24, 2.45) is 0 Å². The van der Waals surface area contributed by atoms with E-state index in [1.54, 1.807) is 12.1 Å². The number of hydrogen-bond donors (Lipinski definition) is 1. The Morgan fingerprint density at radius 3 is 2.85 bits per heavy atom. The van der Waals surface area contributed by atoms with E-state index in [9.17, 15) is 9.59 Å². The van der Waals surface area contributed by atoms with Crippen LogP contribution in [0.1, 0.15) is 17.4 Å². The van der Waals surface area contributed by atoms with E-state index in [-0.39, 0.29) is 5.91 Å². The smallest absolute Gasteiger partial charge is 0.222 e. The molecule has 68 valence electrons. The summed E-state index contributed by atoms with van der Waals surface area (Å²) in [5, 5.41) is 2.51. The highest BCUT2D eigenvalue weighted by Crippen LogP contribution is 2.11. The van der Waals surface area contributed by atoms with Crippen LogP contribution in [0, 0.1) is 3.57 Å². The Morgan fingerprint density at radius 2 is 2.31 bits per heavy atom. The van der Waals surface area contributed by atoms with Gasteiger partial charge in [-0.15, -0.1) is 0 Å². The number of pyridine rings is 1. The zero-order valence-corrected chi connectivity index (χ0v) is 9.03. The Kier molecular flexibility index (Phi) is 3.35. The van der Waals surface area contributed by atoms with Gasteiger partial charge in [-0.05, 0) is 34.7 Å². The molecule has 0 spiro atoms. The van der Waals surface area contributed by atoms with Crippen LogP contribution < -0.4 is 5.32 Å². The molecule has 1 amide bonds. The number of amides is 1. The first kappa shape index (κ1) is 10.1. The van der Waals surface area contributed by atoms with E-state index in [4.69, 9.17) is 0 Å². The van der Waals surface area contributed by atoms with Crippen LogP contribution in [0.3, 0.4) is 0 Å². The highest BCUT2D eigenvalue weighted by molar-refractivity contribution is 14.1. The van der Waals surface area contributed by atoms with Crippen LogP contribution in [0.25, 0.3) is 0 Å². The summed E-state index contributed by atoms with van der Waals surface area (Å²) in [6, 6.07) is 3.33. The molecule has 0 atom stereocenters. The van der Waals surface area contributed by atoms with Crippen LogP contribution in [-0.4, -0.2) is 17.2 Å². The number of aldehydes is 1. The molecule has 0 radical (unpaired) electrons. The molecule has 13 heavy (non-hydrogen) atoms. The largest absolute Gasteiger partial charge is 0.311 e. The van der Waals surface area contributed by atoms with Gasteiger partial charge in [0.2, 0.25) is 5.91 Å². The SMILES string of the molecule is CC(=O)Nc1cc(I)cc(C=O)n1. The van der Waals surface area contributed by atoms with Crippen LogP contribution in [-0.2, 0) is 4.79 Å². The Hall–Kier alpha value is -0.980. The summed E-state index contributed by atoms with van der Waals surface area (Å²) in [5.41, 5.74) is 0.315. The van der Waals surface area contributed by atoms with Crippen LogP contribution in [0.4, 0.5) is 5.82 Å². The van der Waals surface area contributed by atoms with E-state index in [0.29, 0.717) is 17.8 Å². The molecule has 1 N–H and O–H groups in total. The van der Waals surface area contributed by atoms with Crippen LogP contribution in [0.15, 0.2) is 12.1 Å². The third kappa shape index (κ3) is 3.10. The summed E-state index contributed by atoms with van der Waals surface area (Å²) in [6.45, 7) is 1.39. The molecule has 0 aliphatic rings. The first-order valence-electron chi connectivity index (χ1n) is 3.52. The number of nitrogens with one attached hydrogen (secondary N) is 1. The quantitative estimate of drug-likeness (QED) is 0.662. The van der Waals surface area contributed by atoms with Gasteiger partial charge in [-0.2, -0.15) is 0 Å². The van der Waals surface area contributed by atoms with Gasteiger partial charge in [0.1, 0.15) is 11.5 Å². The molecule has 5 heteroatoms. The second kappa shape index (κ2) is 4.31. The summed E-state index contributed by atoms with van der Waals surface area (Å²) in [5.74, 6) is 0.202. The van der Waals surface area contributed by atoms with Gasteiger partial charge in [0, 0.05) is 10.5 Å². The van der Waals surface area contributed by atoms with Crippen molar-refractivity contribution < 1.29 is 9.59 Å². The molecule has 4 nitrogen and oxygen atoms in total. The van der Waals surface area contributed by atoms with Crippen LogP contribution >= 0.6 is 22.6 Å². The Bertz CT molecular complexity index is 352. The number of carbonyl (C=O) groups is 2. The second-order valence-corrected chi connectivity index (χ2v) is 3.64. The van der Waals surface area contributed by atoms with Crippen molar-refractivity contribution in [3.63, 3.8) is 0 Å². The minimum atomic E-state index is -0.202. The monoisotopic (exact) mass is 290 g/mol. The first-order chi connectivity index (χ1) is 6.11. The first-order valence-corrected chi connectivity index (χ1v) is 4.60. The maximum atomic E-state index is 10.7. The van der Waals surface area contributed by atoms with Crippen LogP contribution in [0.5, 0.6) is 0 Å². The lowest BCUT2D eigenvalue weighted by atomic mass is 10.3. The summed E-state index contributed by atoms with van der Waals surface area (Å²) in [7, 11) is 0. The average molecular weight is 290 g/mol. The normalized spacial score (nSPS) is 9.38. The van der Waals surface area contributed by atoms with E-state index in [2.05, 4.69) is 32.9 Å². The van der Waals surface area contributed by atoms with Gasteiger partial charge >= 0.3 is 0 Å². The molecule has 0 saturated heterocycles. The Morgan fingerprint density at radius 1 is 1.62 bits per heavy atom. The average Bonchev–Trinajstić information content (AvgIpc) is 2.01. The zero-order chi connectivity index (χ0) is 9.84. The van der Waals surface area contributed by atoms with Crippen molar-refractivity contribution in [2.75, 3.05) is 5.32 Å². The summed E-state index contributed by atoms with van der Waals surface area (Å²) in [6.07, 6.45) is 0.646. The predicted molar refractivity (Wildman–Crippen MR) is 56.6 cm³/mol. The maximum absolute atomic E-state index is 10.7. The molecule has 0 aromatic carbocycles. The fourth-order valence-corrected chi connectivity index (χ4v) is 1.44. The molecule has 0 saturated carbocycles. The topological polar surface area (TPSA) is 59.1 Å². The summed E-state index contributed by atoms with van der Waals surface area (Å²) >= 11 is 2.05. The van der Waals surface area contributed by atoms with Crippen molar-refractivity contribution in [3.8, 4) is 0 Å². The van der Waals surface area contributed by atoms with E-state index in [1.165, 1.54) is 6.92 Å². The van der Waals surface area contributed by atoms with Gasteiger partial charge in [0.25, 0.3) is 0 Å². The molecular formula is C8H7IN2O2. The van der Waals surface area contributed by atoms with Crippen molar-refractivity contribution >= 4 is 40.6 Å². The molecule has 1 rings (SSSR count).